The number of methoxy groups -OCH3 is 1. The van der Waals surface area contributed by atoms with Crippen LogP contribution in [0.25, 0.3) is 0 Å². The second-order valence-electron chi connectivity index (χ2n) is 8.00. The molecule has 8 nitrogen and oxygen atoms in total. The zero-order valence-corrected chi connectivity index (χ0v) is 20.2. The van der Waals surface area contributed by atoms with Crippen molar-refractivity contribution < 1.29 is 27.5 Å². The number of esters is 1. The molecule has 0 aliphatic carbocycles. The number of amides is 1. The Morgan fingerprint density at radius 2 is 1.71 bits per heavy atom. The molecule has 1 aliphatic heterocycles. The number of fused-ring (bicyclic) bond motifs is 1. The van der Waals surface area contributed by atoms with E-state index >= 15 is 0 Å². The fourth-order valence-corrected chi connectivity index (χ4v) is 5.59. The number of carbonyl (C=O) groups is 2. The van der Waals surface area contributed by atoms with Gasteiger partial charge in [0.2, 0.25) is 15.9 Å². The van der Waals surface area contributed by atoms with Crippen LogP contribution in [0.2, 0.25) is 0 Å². The van der Waals surface area contributed by atoms with Crippen molar-refractivity contribution in [3.8, 4) is 5.75 Å². The lowest BCUT2D eigenvalue weighted by molar-refractivity contribution is -0.120. The van der Waals surface area contributed by atoms with Gasteiger partial charge >= 0.3 is 5.97 Å². The van der Waals surface area contributed by atoms with Gasteiger partial charge in [0.15, 0.2) is 0 Å². The summed E-state index contributed by atoms with van der Waals surface area (Å²) < 4.78 is 38.6. The Balaban J connectivity index is 1.66. The maximum absolute atomic E-state index is 13.6. The Morgan fingerprint density at radius 3 is 2.40 bits per heavy atom. The third-order valence-electron chi connectivity index (χ3n) is 5.82. The van der Waals surface area contributed by atoms with Crippen LogP contribution in [-0.2, 0) is 32.5 Å². The zero-order valence-electron chi connectivity index (χ0n) is 19.4. The molecule has 3 aromatic rings. The van der Waals surface area contributed by atoms with Crippen LogP contribution in [0.1, 0.15) is 28.4 Å². The van der Waals surface area contributed by atoms with Gasteiger partial charge in [-0.1, -0.05) is 30.3 Å². The quantitative estimate of drug-likeness (QED) is 0.504. The second kappa shape index (κ2) is 10.3. The number of benzene rings is 3. The van der Waals surface area contributed by atoms with Gasteiger partial charge in [-0.15, -0.1) is 0 Å². The highest BCUT2D eigenvalue weighted by molar-refractivity contribution is 7.89. The van der Waals surface area contributed by atoms with Gasteiger partial charge in [0, 0.05) is 12.2 Å². The summed E-state index contributed by atoms with van der Waals surface area (Å²) >= 11 is 0. The number of hydrogen-bond acceptors (Lipinski definition) is 6. The first-order valence-corrected chi connectivity index (χ1v) is 12.6. The van der Waals surface area contributed by atoms with E-state index in [2.05, 4.69) is 5.32 Å². The highest BCUT2D eigenvalue weighted by atomic mass is 32.2. The first kappa shape index (κ1) is 24.4. The van der Waals surface area contributed by atoms with Gasteiger partial charge in [-0.25, -0.2) is 13.2 Å². The van der Waals surface area contributed by atoms with E-state index in [-0.39, 0.29) is 24.5 Å². The molecule has 1 aliphatic rings. The summed E-state index contributed by atoms with van der Waals surface area (Å²) in [6, 6.07) is 18.9. The lowest BCUT2D eigenvalue weighted by atomic mass is 9.95. The number of ether oxygens (including phenoxy) is 2. The number of carbonyl (C=O) groups excluding carboxylic acids is 2. The van der Waals surface area contributed by atoms with Crippen molar-refractivity contribution in [2.75, 3.05) is 19.0 Å². The summed E-state index contributed by atoms with van der Waals surface area (Å²) in [5.41, 5.74) is 2.43. The van der Waals surface area contributed by atoms with Crippen molar-refractivity contribution >= 4 is 27.6 Å². The molecule has 1 N–H and O–H groups in total. The molecule has 0 fully saturated rings. The Labute approximate surface area is 204 Å². The largest absolute Gasteiger partial charge is 0.497 e. The molecule has 0 radical (unpaired) electrons. The molecule has 1 amide bonds. The Bertz CT molecular complexity index is 1340. The summed E-state index contributed by atoms with van der Waals surface area (Å²) in [6.07, 6.45) is 0.217. The van der Waals surface area contributed by atoms with Gasteiger partial charge in [0.1, 0.15) is 11.8 Å². The summed E-state index contributed by atoms with van der Waals surface area (Å²) in [6.45, 7) is 2.00. The van der Waals surface area contributed by atoms with Crippen LogP contribution >= 0.6 is 0 Å². The van der Waals surface area contributed by atoms with Crippen LogP contribution in [-0.4, -0.2) is 44.4 Å². The molecule has 1 heterocycles. The smallest absolute Gasteiger partial charge is 0.338 e. The normalized spacial score (nSPS) is 15.7. The van der Waals surface area contributed by atoms with E-state index in [0.717, 1.165) is 11.1 Å². The van der Waals surface area contributed by atoms with Crippen LogP contribution in [0, 0.1) is 0 Å². The molecule has 1 atom stereocenters. The van der Waals surface area contributed by atoms with E-state index in [0.29, 0.717) is 17.0 Å². The molecule has 35 heavy (non-hydrogen) atoms. The van der Waals surface area contributed by atoms with Crippen molar-refractivity contribution in [2.45, 2.75) is 30.8 Å². The average Bonchev–Trinajstić information content (AvgIpc) is 2.88. The van der Waals surface area contributed by atoms with Gasteiger partial charge in [-0.3, -0.25) is 4.79 Å². The molecule has 0 aromatic heterocycles. The molecule has 9 heteroatoms. The third kappa shape index (κ3) is 5.21. The topological polar surface area (TPSA) is 102 Å². The van der Waals surface area contributed by atoms with Gasteiger partial charge < -0.3 is 14.8 Å². The van der Waals surface area contributed by atoms with Gasteiger partial charge in [-0.2, -0.15) is 4.31 Å². The summed E-state index contributed by atoms with van der Waals surface area (Å²) in [4.78, 5) is 25.6. The predicted octanol–water partition coefficient (Wildman–Crippen LogP) is 3.63. The third-order valence-corrected chi connectivity index (χ3v) is 7.68. The lowest BCUT2D eigenvalue weighted by Gasteiger charge is -2.35. The molecular formula is C26H26N2O6S. The average molecular weight is 495 g/mol. The lowest BCUT2D eigenvalue weighted by Crippen LogP contribution is -2.50. The monoisotopic (exact) mass is 494 g/mol. The Hall–Kier alpha value is -3.69. The molecule has 3 aromatic carbocycles. The fourth-order valence-electron chi connectivity index (χ4n) is 4.02. The molecule has 0 saturated heterocycles. The van der Waals surface area contributed by atoms with Gasteiger partial charge in [-0.05, 0) is 66.9 Å². The molecular weight excluding hydrogens is 468 g/mol. The van der Waals surface area contributed by atoms with Crippen molar-refractivity contribution in [3.63, 3.8) is 0 Å². The van der Waals surface area contributed by atoms with Crippen molar-refractivity contribution in [1.29, 1.82) is 0 Å². The highest BCUT2D eigenvalue weighted by Gasteiger charge is 2.39. The predicted molar refractivity (Wildman–Crippen MR) is 131 cm³/mol. The van der Waals surface area contributed by atoms with Crippen LogP contribution in [0.4, 0.5) is 5.69 Å². The fraction of sp³-hybridized carbons (Fsp3) is 0.231. The zero-order chi connectivity index (χ0) is 25.0. The standard InChI is InChI=1S/C26H26N2O6S/c1-3-34-26(30)19-9-6-10-21(15-19)27-25(29)24-16-18-7-4-5-8-20(18)17-28(24)35(31,32)23-13-11-22(33-2)12-14-23/h4-15,24H,3,16-17H2,1-2H3,(H,27,29)/t24-/m0/s1. The molecule has 4 rings (SSSR count). The van der Waals surface area contributed by atoms with Crippen LogP contribution < -0.4 is 10.1 Å². The van der Waals surface area contributed by atoms with Crippen LogP contribution in [0.15, 0.2) is 77.7 Å². The van der Waals surface area contributed by atoms with Gasteiger partial charge in [0.05, 0.1) is 24.2 Å². The SMILES string of the molecule is CCOC(=O)c1cccc(NC(=O)[C@@H]2Cc3ccccc3CN2S(=O)(=O)c2ccc(OC)cc2)c1. The van der Waals surface area contributed by atoms with Crippen molar-refractivity contribution in [1.82, 2.24) is 4.31 Å². The van der Waals surface area contributed by atoms with Crippen molar-refractivity contribution in [2.24, 2.45) is 0 Å². The summed E-state index contributed by atoms with van der Waals surface area (Å²) in [5, 5.41) is 2.78. The molecule has 0 bridgehead atoms. The second-order valence-corrected chi connectivity index (χ2v) is 9.90. The first-order valence-electron chi connectivity index (χ1n) is 11.1. The van der Waals surface area contributed by atoms with E-state index in [1.54, 1.807) is 37.3 Å². The maximum atomic E-state index is 13.6. The Morgan fingerprint density at radius 1 is 1.00 bits per heavy atom. The summed E-state index contributed by atoms with van der Waals surface area (Å²) in [7, 11) is -2.50. The van der Waals surface area contributed by atoms with E-state index in [9.17, 15) is 18.0 Å². The number of anilines is 1. The molecule has 0 saturated carbocycles. The minimum atomic E-state index is -4.00. The molecule has 0 unspecified atom stereocenters. The highest BCUT2D eigenvalue weighted by Crippen LogP contribution is 2.30. The number of sulfonamides is 1. The molecule has 182 valence electrons. The maximum Gasteiger partial charge on any atom is 0.338 e. The van der Waals surface area contributed by atoms with Crippen LogP contribution in [0.3, 0.4) is 0 Å². The first-order chi connectivity index (χ1) is 16.8. The van der Waals surface area contributed by atoms with Gasteiger partial charge in [0.25, 0.3) is 0 Å². The summed E-state index contributed by atoms with van der Waals surface area (Å²) in [5.74, 6) is -0.458. The van der Waals surface area contributed by atoms with E-state index in [1.807, 2.05) is 24.3 Å². The van der Waals surface area contributed by atoms with E-state index in [4.69, 9.17) is 9.47 Å². The van der Waals surface area contributed by atoms with E-state index in [1.165, 1.54) is 29.6 Å². The molecule has 0 spiro atoms. The minimum absolute atomic E-state index is 0.0610. The number of nitrogens with zero attached hydrogens (tertiary/aromatic N) is 1. The Kier molecular flexibility index (Phi) is 7.18. The number of nitrogens with one attached hydrogen (secondary N) is 1. The van der Waals surface area contributed by atoms with Crippen LogP contribution in [0.5, 0.6) is 5.75 Å². The number of hydrogen-bond donors (Lipinski definition) is 1. The van der Waals surface area contributed by atoms with E-state index < -0.39 is 27.9 Å². The number of rotatable bonds is 7. The van der Waals surface area contributed by atoms with Crippen molar-refractivity contribution in [3.05, 3.63) is 89.5 Å². The minimum Gasteiger partial charge on any atom is -0.497 e.